The average Bonchev–Trinajstić information content (AvgIpc) is 2.93. The second-order valence-corrected chi connectivity index (χ2v) is 9.60. The van der Waals surface area contributed by atoms with Crippen LogP contribution in [-0.4, -0.2) is 22.3 Å². The molecule has 0 amide bonds. The largest absolute Gasteiger partial charge is 0.459 e. The summed E-state index contributed by atoms with van der Waals surface area (Å²) >= 11 is 0. The third-order valence-electron chi connectivity index (χ3n) is 7.81. The molecule has 6 saturated carbocycles. The number of hydrogen-bond acceptors (Lipinski definition) is 3. The first kappa shape index (κ1) is 13.8. The third-order valence-corrected chi connectivity index (χ3v) is 7.81. The molecule has 0 aliphatic heterocycles. The molecule has 6 rings (SSSR count). The van der Waals surface area contributed by atoms with Crippen LogP contribution in [0.25, 0.3) is 0 Å². The fraction of sp³-hybridized carbons (Fsp3) is 0.947. The van der Waals surface area contributed by atoms with Crippen molar-refractivity contribution in [1.29, 1.82) is 0 Å². The van der Waals surface area contributed by atoms with Crippen LogP contribution in [0.2, 0.25) is 0 Å². The fourth-order valence-electron chi connectivity index (χ4n) is 7.39. The molecule has 6 unspecified atom stereocenters. The second kappa shape index (κ2) is 4.28. The van der Waals surface area contributed by atoms with E-state index < -0.39 is 5.60 Å². The van der Waals surface area contributed by atoms with Crippen molar-refractivity contribution < 1.29 is 14.6 Å². The minimum Gasteiger partial charge on any atom is -0.459 e. The van der Waals surface area contributed by atoms with E-state index in [-0.39, 0.29) is 17.5 Å². The average molecular weight is 304 g/mol. The highest BCUT2D eigenvalue weighted by atomic mass is 16.6. The maximum atomic E-state index is 12.8. The van der Waals surface area contributed by atoms with Crippen LogP contribution in [0, 0.1) is 35.5 Å². The van der Waals surface area contributed by atoms with E-state index in [1.54, 1.807) is 0 Å². The smallest absolute Gasteiger partial charge is 0.309 e. The van der Waals surface area contributed by atoms with Crippen molar-refractivity contribution in [3.05, 3.63) is 0 Å². The number of hydrogen-bond donors (Lipinski definition) is 1. The minimum atomic E-state index is -0.534. The van der Waals surface area contributed by atoms with Crippen molar-refractivity contribution in [3.8, 4) is 0 Å². The molecule has 1 N–H and O–H groups in total. The van der Waals surface area contributed by atoms with Crippen molar-refractivity contribution in [3.63, 3.8) is 0 Å². The minimum absolute atomic E-state index is 0.0740. The van der Waals surface area contributed by atoms with E-state index in [1.807, 2.05) is 0 Å². The highest BCUT2D eigenvalue weighted by Gasteiger charge is 2.60. The molecule has 6 bridgehead atoms. The first-order chi connectivity index (χ1) is 10.4. The van der Waals surface area contributed by atoms with Gasteiger partial charge >= 0.3 is 5.97 Å². The summed E-state index contributed by atoms with van der Waals surface area (Å²) in [6.07, 6.45) is 9.35. The molecule has 6 atom stereocenters. The van der Waals surface area contributed by atoms with Gasteiger partial charge in [-0.3, -0.25) is 4.79 Å². The summed E-state index contributed by atoms with van der Waals surface area (Å²) in [6.45, 7) is 2.33. The zero-order chi connectivity index (χ0) is 15.1. The van der Waals surface area contributed by atoms with Gasteiger partial charge in [0.05, 0.1) is 11.5 Å². The normalized spacial score (nSPS) is 58.3. The lowest BCUT2D eigenvalue weighted by atomic mass is 9.52. The molecule has 6 aliphatic rings. The van der Waals surface area contributed by atoms with E-state index >= 15 is 0 Å². The number of esters is 1. The first-order valence-electron chi connectivity index (χ1n) is 9.39. The Morgan fingerprint density at radius 2 is 1.73 bits per heavy atom. The first-order valence-corrected chi connectivity index (χ1v) is 9.39. The zero-order valence-electron chi connectivity index (χ0n) is 13.6. The quantitative estimate of drug-likeness (QED) is 0.796. The topological polar surface area (TPSA) is 46.5 Å². The molecular weight excluding hydrogens is 276 g/mol. The molecule has 0 aromatic carbocycles. The Labute approximate surface area is 132 Å². The number of fused-ring (bicyclic) bond motifs is 2. The summed E-state index contributed by atoms with van der Waals surface area (Å²) in [5, 5.41) is 10.8. The van der Waals surface area contributed by atoms with Crippen molar-refractivity contribution in [2.24, 2.45) is 35.5 Å². The van der Waals surface area contributed by atoms with Gasteiger partial charge in [-0.25, -0.2) is 0 Å². The molecule has 0 radical (unpaired) electrons. The van der Waals surface area contributed by atoms with E-state index in [2.05, 4.69) is 6.92 Å². The lowest BCUT2D eigenvalue weighted by molar-refractivity contribution is -0.223. The molecule has 22 heavy (non-hydrogen) atoms. The molecule has 0 heterocycles. The Kier molecular flexibility index (Phi) is 2.69. The van der Waals surface area contributed by atoms with E-state index in [4.69, 9.17) is 4.74 Å². The predicted octanol–water partition coefficient (Wildman–Crippen LogP) is 3.30. The predicted molar refractivity (Wildman–Crippen MR) is 81.9 cm³/mol. The van der Waals surface area contributed by atoms with Crippen LogP contribution in [0.3, 0.4) is 0 Å². The highest BCUT2D eigenvalue weighted by molar-refractivity contribution is 5.74. The molecule has 6 aliphatic carbocycles. The summed E-state index contributed by atoms with van der Waals surface area (Å²) < 4.78 is 6.19. The molecule has 6 fully saturated rings. The van der Waals surface area contributed by atoms with Crippen molar-refractivity contribution in [2.75, 3.05) is 0 Å². The van der Waals surface area contributed by atoms with Crippen LogP contribution in [-0.2, 0) is 9.53 Å². The summed E-state index contributed by atoms with van der Waals surface area (Å²) in [5.41, 5.74) is -0.850. The van der Waals surface area contributed by atoms with Crippen LogP contribution >= 0.6 is 0 Å². The zero-order valence-corrected chi connectivity index (χ0v) is 13.6. The highest BCUT2D eigenvalue weighted by Crippen LogP contribution is 2.59. The van der Waals surface area contributed by atoms with Crippen molar-refractivity contribution >= 4 is 5.97 Å². The Morgan fingerprint density at radius 1 is 1.00 bits per heavy atom. The third kappa shape index (κ3) is 1.93. The van der Waals surface area contributed by atoms with E-state index in [9.17, 15) is 9.90 Å². The number of carbonyl (C=O) groups is 1. The lowest BCUT2D eigenvalue weighted by Gasteiger charge is -2.59. The number of ether oxygens (including phenoxy) is 1. The molecule has 122 valence electrons. The van der Waals surface area contributed by atoms with Crippen LogP contribution in [0.5, 0.6) is 0 Å². The summed E-state index contributed by atoms with van der Waals surface area (Å²) in [5.74, 6) is 3.52. The van der Waals surface area contributed by atoms with Crippen molar-refractivity contribution in [2.45, 2.75) is 75.9 Å². The maximum Gasteiger partial charge on any atom is 0.309 e. The molecule has 0 spiro atoms. The van der Waals surface area contributed by atoms with Crippen LogP contribution in [0.4, 0.5) is 0 Å². The van der Waals surface area contributed by atoms with Crippen LogP contribution in [0.15, 0.2) is 0 Å². The van der Waals surface area contributed by atoms with Gasteiger partial charge in [0, 0.05) is 6.42 Å². The van der Waals surface area contributed by atoms with E-state index in [0.717, 1.165) is 43.9 Å². The Bertz CT molecular complexity index is 497. The molecule has 3 nitrogen and oxygen atoms in total. The van der Waals surface area contributed by atoms with Gasteiger partial charge in [0.2, 0.25) is 0 Å². The van der Waals surface area contributed by atoms with Crippen molar-refractivity contribution in [1.82, 2.24) is 0 Å². The van der Waals surface area contributed by atoms with E-state index in [1.165, 1.54) is 19.3 Å². The molecular formula is C19H28O3. The van der Waals surface area contributed by atoms with Gasteiger partial charge in [0.1, 0.15) is 5.60 Å². The SMILES string of the molecule is CC1CC2CC1CC2C(=O)OC12CC3CC(CC(O)(C3)C1)C2. The molecule has 0 aromatic rings. The van der Waals surface area contributed by atoms with Gasteiger partial charge in [-0.2, -0.15) is 0 Å². The molecule has 0 saturated heterocycles. The fourth-order valence-corrected chi connectivity index (χ4v) is 7.39. The summed E-state index contributed by atoms with van der Waals surface area (Å²) in [6, 6.07) is 0. The number of rotatable bonds is 2. The molecule has 0 aromatic heterocycles. The van der Waals surface area contributed by atoms with E-state index in [0.29, 0.717) is 24.2 Å². The second-order valence-electron chi connectivity index (χ2n) is 9.60. The van der Waals surface area contributed by atoms with Crippen LogP contribution < -0.4 is 0 Å². The Morgan fingerprint density at radius 3 is 2.27 bits per heavy atom. The Balaban J connectivity index is 1.33. The monoisotopic (exact) mass is 304 g/mol. The standard InChI is InChI=1S/C19H28O3/c1-11-2-15-4-14(11)5-16(15)17(20)22-19-8-12-3-13(9-19)7-18(21,6-12)10-19/h11-16,21H,2-10H2,1H3. The Hall–Kier alpha value is -0.570. The van der Waals surface area contributed by atoms with Gasteiger partial charge in [-0.05, 0) is 81.0 Å². The summed E-state index contributed by atoms with van der Waals surface area (Å²) in [4.78, 5) is 12.8. The lowest BCUT2D eigenvalue weighted by Crippen LogP contribution is -2.60. The van der Waals surface area contributed by atoms with Gasteiger partial charge in [-0.1, -0.05) is 6.92 Å². The van der Waals surface area contributed by atoms with Gasteiger partial charge < -0.3 is 9.84 Å². The van der Waals surface area contributed by atoms with Crippen LogP contribution in [0.1, 0.15) is 64.7 Å². The molecule has 3 heteroatoms. The summed E-state index contributed by atoms with van der Waals surface area (Å²) in [7, 11) is 0. The maximum absolute atomic E-state index is 12.8. The van der Waals surface area contributed by atoms with Gasteiger partial charge in [0.25, 0.3) is 0 Å². The number of carbonyl (C=O) groups excluding carboxylic acids is 1. The van der Waals surface area contributed by atoms with Gasteiger partial charge in [-0.15, -0.1) is 0 Å². The number of aliphatic hydroxyl groups is 1. The van der Waals surface area contributed by atoms with Gasteiger partial charge in [0.15, 0.2) is 0 Å².